The van der Waals surface area contributed by atoms with Gasteiger partial charge in [0.25, 0.3) is 0 Å². The standard InChI is InChI=1S/C16H30N2O2/c1-3-18(13-8-5-4-6-9-13)14-10-7-11-16(12-14,17-2)15(19)20/h13-14,17H,3-12H2,1-2H3,(H,19,20). The number of carboxylic acid groups (broad SMARTS) is 1. The van der Waals surface area contributed by atoms with E-state index in [9.17, 15) is 9.90 Å². The van der Waals surface area contributed by atoms with E-state index >= 15 is 0 Å². The molecule has 2 atom stereocenters. The van der Waals surface area contributed by atoms with Crippen molar-refractivity contribution in [3.05, 3.63) is 0 Å². The maximum Gasteiger partial charge on any atom is 0.323 e. The van der Waals surface area contributed by atoms with Gasteiger partial charge < -0.3 is 10.4 Å². The first kappa shape index (κ1) is 15.8. The summed E-state index contributed by atoms with van der Waals surface area (Å²) in [6, 6.07) is 1.11. The monoisotopic (exact) mass is 282 g/mol. The molecule has 0 radical (unpaired) electrons. The van der Waals surface area contributed by atoms with Crippen molar-refractivity contribution in [3.8, 4) is 0 Å². The summed E-state index contributed by atoms with van der Waals surface area (Å²) in [5.41, 5.74) is -0.703. The Balaban J connectivity index is 2.07. The molecule has 0 aromatic carbocycles. The molecule has 2 rings (SSSR count). The first-order valence-electron chi connectivity index (χ1n) is 8.31. The van der Waals surface area contributed by atoms with Crippen LogP contribution in [0, 0.1) is 0 Å². The van der Waals surface area contributed by atoms with Crippen LogP contribution >= 0.6 is 0 Å². The van der Waals surface area contributed by atoms with E-state index in [2.05, 4.69) is 17.1 Å². The molecule has 0 heterocycles. The average molecular weight is 282 g/mol. The zero-order valence-electron chi connectivity index (χ0n) is 13.0. The molecule has 0 saturated heterocycles. The lowest BCUT2D eigenvalue weighted by atomic mass is 9.77. The van der Waals surface area contributed by atoms with Crippen LogP contribution in [0.4, 0.5) is 0 Å². The number of likely N-dealkylation sites (N-methyl/N-ethyl adjacent to an activating group) is 1. The van der Waals surface area contributed by atoms with Gasteiger partial charge in [0.2, 0.25) is 0 Å². The minimum absolute atomic E-state index is 0.431. The second-order valence-corrected chi connectivity index (χ2v) is 6.51. The van der Waals surface area contributed by atoms with Crippen LogP contribution in [-0.4, -0.2) is 47.2 Å². The second-order valence-electron chi connectivity index (χ2n) is 6.51. The first-order valence-corrected chi connectivity index (χ1v) is 8.31. The van der Waals surface area contributed by atoms with Crippen molar-refractivity contribution in [1.29, 1.82) is 0 Å². The van der Waals surface area contributed by atoms with Crippen LogP contribution in [0.5, 0.6) is 0 Å². The van der Waals surface area contributed by atoms with E-state index in [1.54, 1.807) is 7.05 Å². The van der Waals surface area contributed by atoms with Crippen molar-refractivity contribution in [3.63, 3.8) is 0 Å². The molecule has 0 spiro atoms. The molecule has 0 bridgehead atoms. The molecule has 4 nitrogen and oxygen atoms in total. The molecule has 2 unspecified atom stereocenters. The highest BCUT2D eigenvalue weighted by Crippen LogP contribution is 2.34. The third-order valence-electron chi connectivity index (χ3n) is 5.49. The van der Waals surface area contributed by atoms with E-state index in [-0.39, 0.29) is 0 Å². The van der Waals surface area contributed by atoms with Crippen LogP contribution in [0.3, 0.4) is 0 Å². The summed E-state index contributed by atoms with van der Waals surface area (Å²) in [6.07, 6.45) is 10.3. The van der Waals surface area contributed by atoms with Gasteiger partial charge >= 0.3 is 5.97 Å². The predicted molar refractivity (Wildman–Crippen MR) is 80.9 cm³/mol. The Morgan fingerprint density at radius 2 is 1.85 bits per heavy atom. The Kier molecular flexibility index (Phi) is 5.44. The Morgan fingerprint density at radius 1 is 1.20 bits per heavy atom. The third-order valence-corrected chi connectivity index (χ3v) is 5.49. The summed E-state index contributed by atoms with van der Waals surface area (Å²) in [7, 11) is 1.80. The van der Waals surface area contributed by atoms with Gasteiger partial charge in [0.05, 0.1) is 0 Å². The van der Waals surface area contributed by atoms with Crippen molar-refractivity contribution >= 4 is 5.97 Å². The fourth-order valence-corrected chi connectivity index (χ4v) is 4.28. The number of nitrogens with one attached hydrogen (secondary N) is 1. The lowest BCUT2D eigenvalue weighted by molar-refractivity contribution is -0.147. The van der Waals surface area contributed by atoms with Crippen LogP contribution < -0.4 is 5.32 Å². The van der Waals surface area contributed by atoms with Gasteiger partial charge in [0.15, 0.2) is 0 Å². The molecular weight excluding hydrogens is 252 g/mol. The van der Waals surface area contributed by atoms with Crippen LogP contribution in [-0.2, 0) is 4.79 Å². The van der Waals surface area contributed by atoms with Crippen molar-refractivity contribution < 1.29 is 9.90 Å². The van der Waals surface area contributed by atoms with Gasteiger partial charge in [-0.25, -0.2) is 0 Å². The topological polar surface area (TPSA) is 52.6 Å². The summed E-state index contributed by atoms with van der Waals surface area (Å²) in [6.45, 7) is 3.28. The molecule has 116 valence electrons. The number of nitrogens with zero attached hydrogens (tertiary/aromatic N) is 1. The number of aliphatic carboxylic acids is 1. The third kappa shape index (κ3) is 3.17. The molecule has 2 saturated carbocycles. The number of hydrogen-bond acceptors (Lipinski definition) is 3. The largest absolute Gasteiger partial charge is 0.480 e. The smallest absolute Gasteiger partial charge is 0.323 e. The van der Waals surface area contributed by atoms with Crippen LogP contribution in [0.1, 0.15) is 64.7 Å². The number of carbonyl (C=O) groups is 1. The Bertz CT molecular complexity index is 328. The molecule has 2 N–H and O–H groups in total. The molecule has 0 amide bonds. The van der Waals surface area contributed by atoms with Gasteiger partial charge in [-0.2, -0.15) is 0 Å². The van der Waals surface area contributed by atoms with Crippen LogP contribution in [0.15, 0.2) is 0 Å². The van der Waals surface area contributed by atoms with Crippen molar-refractivity contribution in [1.82, 2.24) is 10.2 Å². The van der Waals surface area contributed by atoms with E-state index in [4.69, 9.17) is 0 Å². The summed E-state index contributed by atoms with van der Waals surface area (Å²) in [4.78, 5) is 14.3. The molecule has 4 heteroatoms. The van der Waals surface area contributed by atoms with Gasteiger partial charge in [-0.1, -0.05) is 26.2 Å². The molecule has 2 fully saturated rings. The minimum atomic E-state index is -0.703. The van der Waals surface area contributed by atoms with E-state index in [1.165, 1.54) is 32.1 Å². The molecule has 2 aliphatic carbocycles. The van der Waals surface area contributed by atoms with Gasteiger partial charge in [-0.3, -0.25) is 9.69 Å². The van der Waals surface area contributed by atoms with Gasteiger partial charge in [0.1, 0.15) is 5.54 Å². The fourth-order valence-electron chi connectivity index (χ4n) is 4.28. The highest BCUT2D eigenvalue weighted by Gasteiger charge is 2.43. The zero-order chi connectivity index (χ0) is 14.6. The Hall–Kier alpha value is -0.610. The molecule has 2 aliphatic rings. The van der Waals surface area contributed by atoms with Crippen LogP contribution in [0.2, 0.25) is 0 Å². The van der Waals surface area contributed by atoms with E-state index in [0.717, 1.165) is 32.2 Å². The highest BCUT2D eigenvalue weighted by atomic mass is 16.4. The molecule has 0 aromatic heterocycles. The average Bonchev–Trinajstić information content (AvgIpc) is 2.49. The van der Waals surface area contributed by atoms with Crippen LogP contribution in [0.25, 0.3) is 0 Å². The van der Waals surface area contributed by atoms with Gasteiger partial charge in [-0.05, 0) is 52.1 Å². The van der Waals surface area contributed by atoms with Gasteiger partial charge in [-0.15, -0.1) is 0 Å². The quantitative estimate of drug-likeness (QED) is 0.814. The summed E-state index contributed by atoms with van der Waals surface area (Å²) >= 11 is 0. The normalized spacial score (nSPS) is 32.5. The predicted octanol–water partition coefficient (Wildman–Crippen LogP) is 2.63. The van der Waals surface area contributed by atoms with Crippen molar-refractivity contribution in [2.75, 3.05) is 13.6 Å². The van der Waals surface area contributed by atoms with Crippen molar-refractivity contribution in [2.24, 2.45) is 0 Å². The number of carboxylic acids is 1. The lowest BCUT2D eigenvalue weighted by Gasteiger charge is -2.45. The Labute approximate surface area is 122 Å². The maximum atomic E-state index is 11.7. The fraction of sp³-hybridized carbons (Fsp3) is 0.938. The maximum absolute atomic E-state index is 11.7. The van der Waals surface area contributed by atoms with Gasteiger partial charge in [0, 0.05) is 12.1 Å². The summed E-state index contributed by atoms with van der Waals surface area (Å²) in [5.74, 6) is -0.676. The van der Waals surface area contributed by atoms with E-state index < -0.39 is 11.5 Å². The van der Waals surface area contributed by atoms with E-state index in [1.807, 2.05) is 0 Å². The number of rotatable bonds is 5. The number of hydrogen-bond donors (Lipinski definition) is 2. The molecule has 0 aliphatic heterocycles. The van der Waals surface area contributed by atoms with E-state index in [0.29, 0.717) is 12.1 Å². The summed E-state index contributed by atoms with van der Waals surface area (Å²) < 4.78 is 0. The minimum Gasteiger partial charge on any atom is -0.480 e. The highest BCUT2D eigenvalue weighted by molar-refractivity contribution is 5.79. The second kappa shape index (κ2) is 6.90. The molecule has 20 heavy (non-hydrogen) atoms. The lowest BCUT2D eigenvalue weighted by Crippen LogP contribution is -2.58. The van der Waals surface area contributed by atoms with Crippen molar-refractivity contribution in [2.45, 2.75) is 82.3 Å². The molecule has 0 aromatic rings. The Morgan fingerprint density at radius 3 is 2.40 bits per heavy atom. The summed E-state index contributed by atoms with van der Waals surface area (Å²) in [5, 5.41) is 12.7. The first-order chi connectivity index (χ1) is 9.63. The molecular formula is C16H30N2O2. The zero-order valence-corrected chi connectivity index (χ0v) is 13.0. The SMILES string of the molecule is CCN(C1CCCCC1)C1CCCC(NC)(C(=O)O)C1.